The summed E-state index contributed by atoms with van der Waals surface area (Å²) in [5.41, 5.74) is 10.9. The number of thioether (sulfide) groups is 1. The van der Waals surface area contributed by atoms with Crippen molar-refractivity contribution >= 4 is 28.8 Å². The van der Waals surface area contributed by atoms with Gasteiger partial charge < -0.3 is 4.90 Å². The third-order valence-electron chi connectivity index (χ3n) is 9.45. The average molecular weight is 572 g/mol. The minimum absolute atomic E-state index is 0.0356. The van der Waals surface area contributed by atoms with Gasteiger partial charge in [0.05, 0.1) is 5.41 Å². The van der Waals surface area contributed by atoms with E-state index >= 15 is 0 Å². The zero-order valence-electron chi connectivity index (χ0n) is 26.1. The van der Waals surface area contributed by atoms with Gasteiger partial charge in [-0.05, 0) is 73.6 Å². The number of nitrogens with zero attached hydrogens (tertiary/aromatic N) is 2. The van der Waals surface area contributed by atoms with Crippen LogP contribution in [0, 0.1) is 5.92 Å². The highest BCUT2D eigenvalue weighted by molar-refractivity contribution is 8.03. The number of hydrogen-bond acceptors (Lipinski definition) is 2. The van der Waals surface area contributed by atoms with Crippen LogP contribution in [0.4, 0.5) is 11.4 Å². The Balaban J connectivity index is 1.44. The maximum absolute atomic E-state index is 2.42. The van der Waals surface area contributed by atoms with E-state index in [1.54, 1.807) is 0 Å². The molecule has 0 spiro atoms. The van der Waals surface area contributed by atoms with Crippen molar-refractivity contribution in [1.29, 1.82) is 0 Å². The molecule has 0 saturated heterocycles. The van der Waals surface area contributed by atoms with Crippen LogP contribution in [0.3, 0.4) is 0 Å². The molecule has 3 aliphatic rings. The maximum Gasteiger partial charge on any atom is 0.209 e. The standard InChI is InChI=1S/C39H43N2S/c1-27-25-28(21-23-35-38(2,3)31-17-11-13-19-33(31)40(35)6)37(42-30-15-9-8-10-16-30)29(26-27)22-24-36-39(4,5)32-18-12-14-20-34(32)41(36)7/h8-24,27H,25-26H2,1-7H3/q+1. The molecule has 0 bridgehead atoms. The van der Waals surface area contributed by atoms with E-state index in [2.05, 4.69) is 161 Å². The number of para-hydroxylation sites is 2. The molecule has 2 nitrogen and oxygen atoms in total. The number of benzene rings is 3. The summed E-state index contributed by atoms with van der Waals surface area (Å²) in [6.45, 7) is 11.8. The first-order chi connectivity index (χ1) is 20.1. The Labute approximate surface area is 256 Å². The fraction of sp³-hybridized carbons (Fsp3) is 0.308. The van der Waals surface area contributed by atoms with E-state index in [-0.39, 0.29) is 10.8 Å². The summed E-state index contributed by atoms with van der Waals surface area (Å²) < 4.78 is 2.37. The van der Waals surface area contributed by atoms with Crippen LogP contribution in [0.1, 0.15) is 58.6 Å². The Morgan fingerprint density at radius 1 is 0.786 bits per heavy atom. The SMILES string of the molecule is CC1CC(=CC=C2N(C)c3ccccc3C2(C)C)C(Sc2ccccc2)=C(C=CC2=[N+](C)c3ccccc3C2(C)C)C1. The Bertz CT molecular complexity index is 1680. The minimum Gasteiger partial charge on any atom is -0.347 e. The second-order valence-corrected chi connectivity index (χ2v) is 14.2. The smallest absolute Gasteiger partial charge is 0.209 e. The molecule has 0 saturated carbocycles. The van der Waals surface area contributed by atoms with E-state index in [1.165, 1.54) is 54.9 Å². The molecule has 3 aromatic carbocycles. The lowest BCUT2D eigenvalue weighted by Crippen LogP contribution is -2.26. The summed E-state index contributed by atoms with van der Waals surface area (Å²) in [7, 11) is 4.42. The molecule has 0 N–H and O–H groups in total. The van der Waals surface area contributed by atoms with E-state index in [0.717, 1.165) is 12.8 Å². The molecule has 2 heterocycles. The van der Waals surface area contributed by atoms with Gasteiger partial charge in [-0.25, -0.2) is 0 Å². The molecule has 0 radical (unpaired) electrons. The first-order valence-electron chi connectivity index (χ1n) is 15.2. The van der Waals surface area contributed by atoms with Crippen molar-refractivity contribution in [3.63, 3.8) is 0 Å². The normalized spacial score (nSPS) is 22.9. The zero-order chi connectivity index (χ0) is 29.6. The van der Waals surface area contributed by atoms with Gasteiger partial charge in [0, 0.05) is 51.4 Å². The molecule has 42 heavy (non-hydrogen) atoms. The highest BCUT2D eigenvalue weighted by Gasteiger charge is 2.42. The first-order valence-corrected chi connectivity index (χ1v) is 16.0. The van der Waals surface area contributed by atoms with Crippen LogP contribution < -0.4 is 4.90 Å². The number of fused-ring (bicyclic) bond motifs is 2. The summed E-state index contributed by atoms with van der Waals surface area (Å²) >= 11 is 1.92. The molecule has 2 aliphatic heterocycles. The van der Waals surface area contributed by atoms with Crippen LogP contribution in [0.2, 0.25) is 0 Å². The van der Waals surface area contributed by atoms with Gasteiger partial charge in [-0.3, -0.25) is 0 Å². The van der Waals surface area contributed by atoms with E-state index in [4.69, 9.17) is 0 Å². The fourth-order valence-corrected chi connectivity index (χ4v) is 8.30. The molecular weight excluding hydrogens is 529 g/mol. The maximum atomic E-state index is 2.42. The predicted molar refractivity (Wildman–Crippen MR) is 181 cm³/mol. The lowest BCUT2D eigenvalue weighted by molar-refractivity contribution is -0.401. The molecule has 0 fully saturated rings. The zero-order valence-corrected chi connectivity index (χ0v) is 26.9. The van der Waals surface area contributed by atoms with Crippen molar-refractivity contribution in [3.05, 3.63) is 136 Å². The van der Waals surface area contributed by atoms with Gasteiger partial charge in [-0.2, -0.15) is 4.58 Å². The van der Waals surface area contributed by atoms with Crippen molar-refractivity contribution in [2.24, 2.45) is 5.92 Å². The average Bonchev–Trinajstić information content (AvgIpc) is 3.30. The summed E-state index contributed by atoms with van der Waals surface area (Å²) in [6, 6.07) is 28.5. The lowest BCUT2D eigenvalue weighted by Gasteiger charge is -2.27. The summed E-state index contributed by atoms with van der Waals surface area (Å²) in [4.78, 5) is 5.06. The molecule has 1 atom stereocenters. The van der Waals surface area contributed by atoms with Crippen LogP contribution in [-0.4, -0.2) is 24.4 Å². The molecule has 0 aromatic heterocycles. The van der Waals surface area contributed by atoms with Gasteiger partial charge >= 0.3 is 0 Å². The molecule has 1 aliphatic carbocycles. The summed E-state index contributed by atoms with van der Waals surface area (Å²) in [5.74, 6) is 0.581. The van der Waals surface area contributed by atoms with Crippen molar-refractivity contribution in [2.75, 3.05) is 19.0 Å². The quantitative estimate of drug-likeness (QED) is 0.281. The molecule has 3 aromatic rings. The van der Waals surface area contributed by atoms with Gasteiger partial charge in [0.15, 0.2) is 5.71 Å². The Morgan fingerprint density at radius 3 is 2.17 bits per heavy atom. The van der Waals surface area contributed by atoms with Crippen molar-refractivity contribution in [3.8, 4) is 0 Å². The van der Waals surface area contributed by atoms with Crippen LogP contribution in [0.15, 0.2) is 130 Å². The van der Waals surface area contributed by atoms with Crippen molar-refractivity contribution in [2.45, 2.75) is 63.2 Å². The topological polar surface area (TPSA) is 6.25 Å². The highest BCUT2D eigenvalue weighted by atomic mass is 32.2. The van der Waals surface area contributed by atoms with E-state index in [9.17, 15) is 0 Å². The minimum atomic E-state index is -0.0356. The van der Waals surface area contributed by atoms with Gasteiger partial charge in [-0.15, -0.1) is 0 Å². The number of anilines is 1. The number of allylic oxidation sites excluding steroid dienone is 7. The molecule has 3 heteroatoms. The Hall–Kier alpha value is -3.56. The second-order valence-electron chi connectivity index (χ2n) is 13.1. The van der Waals surface area contributed by atoms with Crippen molar-refractivity contribution in [1.82, 2.24) is 0 Å². The van der Waals surface area contributed by atoms with Gasteiger partial charge in [0.2, 0.25) is 5.69 Å². The first kappa shape index (κ1) is 28.6. The van der Waals surface area contributed by atoms with Gasteiger partial charge in [0.1, 0.15) is 7.05 Å². The largest absolute Gasteiger partial charge is 0.347 e. The molecule has 6 rings (SSSR count). The van der Waals surface area contributed by atoms with E-state index in [1.807, 2.05) is 11.8 Å². The molecule has 1 unspecified atom stereocenters. The van der Waals surface area contributed by atoms with Gasteiger partial charge in [0.25, 0.3) is 0 Å². The Morgan fingerprint density at radius 2 is 1.45 bits per heavy atom. The summed E-state index contributed by atoms with van der Waals surface area (Å²) in [5, 5.41) is 0. The molecular formula is C39H43N2S+. The third-order valence-corrected chi connectivity index (χ3v) is 10.7. The molecule has 0 amide bonds. The predicted octanol–water partition coefficient (Wildman–Crippen LogP) is 9.96. The van der Waals surface area contributed by atoms with Crippen LogP contribution in [0.5, 0.6) is 0 Å². The summed E-state index contributed by atoms with van der Waals surface area (Å²) in [6.07, 6.45) is 11.8. The number of hydrogen-bond donors (Lipinski definition) is 0. The fourth-order valence-electron chi connectivity index (χ4n) is 7.20. The number of rotatable bonds is 5. The Kier molecular flexibility index (Phi) is 7.43. The number of likely N-dealkylation sites (N-methyl/N-ethyl adjacent to an activating group) is 1. The van der Waals surface area contributed by atoms with Crippen molar-refractivity contribution < 1.29 is 4.58 Å². The monoisotopic (exact) mass is 571 g/mol. The van der Waals surface area contributed by atoms with Crippen LogP contribution in [0.25, 0.3) is 0 Å². The van der Waals surface area contributed by atoms with E-state index < -0.39 is 0 Å². The van der Waals surface area contributed by atoms with Crippen LogP contribution >= 0.6 is 11.8 Å². The highest BCUT2D eigenvalue weighted by Crippen LogP contribution is 2.48. The molecule has 214 valence electrons. The lowest BCUT2D eigenvalue weighted by atomic mass is 9.80. The second kappa shape index (κ2) is 10.9. The third kappa shape index (κ3) is 4.92. The van der Waals surface area contributed by atoms with Gasteiger partial charge in [-0.1, -0.05) is 99.3 Å². The van der Waals surface area contributed by atoms with Crippen LogP contribution in [-0.2, 0) is 10.8 Å². The van der Waals surface area contributed by atoms with E-state index in [0.29, 0.717) is 5.92 Å².